The molecule has 0 aromatic heterocycles. The molecule has 3 rings (SSSR count). The molecule has 2 aromatic carbocycles. The van der Waals surface area contributed by atoms with Crippen LogP contribution in [-0.2, 0) is 16.0 Å². The third-order valence-corrected chi connectivity index (χ3v) is 3.79. The van der Waals surface area contributed by atoms with Crippen LogP contribution in [-0.4, -0.2) is 32.4 Å². The molecule has 0 saturated carbocycles. The summed E-state index contributed by atoms with van der Waals surface area (Å²) in [7, 11) is 0. The molecule has 0 aliphatic carbocycles. The van der Waals surface area contributed by atoms with E-state index in [4.69, 9.17) is 18.9 Å². The first-order valence-electron chi connectivity index (χ1n) is 8.53. The summed E-state index contributed by atoms with van der Waals surface area (Å²) in [4.78, 5) is 11.8. The van der Waals surface area contributed by atoms with E-state index in [1.54, 1.807) is 0 Å². The van der Waals surface area contributed by atoms with Gasteiger partial charge in [-0.15, -0.1) is 0 Å². The van der Waals surface area contributed by atoms with Gasteiger partial charge < -0.3 is 18.9 Å². The maximum absolute atomic E-state index is 11.8. The molecule has 0 amide bonds. The van der Waals surface area contributed by atoms with Crippen molar-refractivity contribution in [2.75, 3.05) is 26.4 Å². The second-order valence-corrected chi connectivity index (χ2v) is 5.71. The Labute approximate surface area is 147 Å². The topological polar surface area (TPSA) is 54.0 Å². The molecule has 0 fully saturated rings. The lowest BCUT2D eigenvalue weighted by molar-refractivity contribution is -0.144. The van der Waals surface area contributed by atoms with E-state index >= 15 is 0 Å². The Bertz CT molecular complexity index is 684. The summed E-state index contributed by atoms with van der Waals surface area (Å²) in [6, 6.07) is 15.2. The van der Waals surface area contributed by atoms with Crippen molar-refractivity contribution >= 4 is 5.97 Å². The maximum Gasteiger partial charge on any atom is 0.306 e. The fourth-order valence-electron chi connectivity index (χ4n) is 2.51. The zero-order valence-electron chi connectivity index (χ0n) is 14.1. The van der Waals surface area contributed by atoms with Crippen LogP contribution >= 0.6 is 0 Å². The summed E-state index contributed by atoms with van der Waals surface area (Å²) < 4.78 is 21.9. The van der Waals surface area contributed by atoms with Crippen LogP contribution in [0.1, 0.15) is 18.4 Å². The highest BCUT2D eigenvalue weighted by atomic mass is 16.6. The lowest BCUT2D eigenvalue weighted by atomic mass is 10.1. The first kappa shape index (κ1) is 17.1. The highest BCUT2D eigenvalue weighted by Crippen LogP contribution is 2.30. The van der Waals surface area contributed by atoms with Crippen molar-refractivity contribution in [2.24, 2.45) is 0 Å². The maximum atomic E-state index is 11.8. The van der Waals surface area contributed by atoms with Gasteiger partial charge in [0, 0.05) is 12.8 Å². The van der Waals surface area contributed by atoms with E-state index in [9.17, 15) is 4.79 Å². The van der Waals surface area contributed by atoms with E-state index in [1.165, 1.54) is 0 Å². The van der Waals surface area contributed by atoms with Gasteiger partial charge in [-0.1, -0.05) is 24.3 Å². The van der Waals surface area contributed by atoms with Crippen LogP contribution in [0.4, 0.5) is 0 Å². The van der Waals surface area contributed by atoms with E-state index < -0.39 is 0 Å². The Morgan fingerprint density at radius 2 is 1.76 bits per heavy atom. The molecule has 5 heteroatoms. The average molecular weight is 342 g/mol. The SMILES string of the molecule is O=C(CCc1ccc2c(c1)OCCCO2)OCCOc1ccccc1. The zero-order chi connectivity index (χ0) is 17.3. The molecule has 2 aromatic rings. The van der Waals surface area contributed by atoms with Crippen molar-refractivity contribution in [3.8, 4) is 17.2 Å². The van der Waals surface area contributed by atoms with Crippen molar-refractivity contribution < 1.29 is 23.7 Å². The van der Waals surface area contributed by atoms with E-state index in [2.05, 4.69) is 0 Å². The van der Waals surface area contributed by atoms with Crippen molar-refractivity contribution in [3.05, 3.63) is 54.1 Å². The smallest absolute Gasteiger partial charge is 0.306 e. The van der Waals surface area contributed by atoms with Crippen LogP contribution in [0.3, 0.4) is 0 Å². The van der Waals surface area contributed by atoms with Crippen LogP contribution in [0.5, 0.6) is 17.2 Å². The van der Waals surface area contributed by atoms with E-state index in [0.717, 1.165) is 29.2 Å². The summed E-state index contributed by atoms with van der Waals surface area (Å²) in [5.74, 6) is 2.05. The molecule has 1 aliphatic heterocycles. The lowest BCUT2D eigenvalue weighted by Crippen LogP contribution is -2.12. The highest BCUT2D eigenvalue weighted by Gasteiger charge is 2.11. The standard InChI is InChI=1S/C20H22O5/c21-20(25-14-13-22-17-5-2-1-3-6-17)10-8-16-7-9-18-19(15-16)24-12-4-11-23-18/h1-3,5-7,9,15H,4,8,10-14H2. The van der Waals surface area contributed by atoms with Gasteiger partial charge in [0.2, 0.25) is 0 Å². The molecule has 0 unspecified atom stereocenters. The van der Waals surface area contributed by atoms with Gasteiger partial charge in [-0.05, 0) is 36.2 Å². The van der Waals surface area contributed by atoms with Gasteiger partial charge in [-0.2, -0.15) is 0 Å². The fourth-order valence-corrected chi connectivity index (χ4v) is 2.51. The summed E-state index contributed by atoms with van der Waals surface area (Å²) >= 11 is 0. The van der Waals surface area contributed by atoms with Gasteiger partial charge in [-0.3, -0.25) is 4.79 Å². The number of carbonyl (C=O) groups is 1. The summed E-state index contributed by atoms with van der Waals surface area (Å²) in [5, 5.41) is 0. The van der Waals surface area contributed by atoms with Gasteiger partial charge in [0.05, 0.1) is 13.2 Å². The lowest BCUT2D eigenvalue weighted by Gasteiger charge is -2.10. The normalized spacial score (nSPS) is 13.0. The van der Waals surface area contributed by atoms with Crippen LogP contribution in [0, 0.1) is 0 Å². The first-order valence-corrected chi connectivity index (χ1v) is 8.53. The van der Waals surface area contributed by atoms with Crippen LogP contribution < -0.4 is 14.2 Å². The fraction of sp³-hybridized carbons (Fsp3) is 0.350. The quantitative estimate of drug-likeness (QED) is 0.570. The molecule has 0 atom stereocenters. The second kappa shape index (κ2) is 8.97. The summed E-state index contributed by atoms with van der Waals surface area (Å²) in [5.41, 5.74) is 1.03. The van der Waals surface area contributed by atoms with Gasteiger partial charge in [-0.25, -0.2) is 0 Å². The van der Waals surface area contributed by atoms with Crippen molar-refractivity contribution in [1.82, 2.24) is 0 Å². The molecule has 5 nitrogen and oxygen atoms in total. The minimum atomic E-state index is -0.233. The second-order valence-electron chi connectivity index (χ2n) is 5.71. The molecular weight excluding hydrogens is 320 g/mol. The van der Waals surface area contributed by atoms with E-state index in [1.807, 2.05) is 48.5 Å². The molecule has 0 radical (unpaired) electrons. The van der Waals surface area contributed by atoms with Crippen molar-refractivity contribution in [1.29, 1.82) is 0 Å². The van der Waals surface area contributed by atoms with Gasteiger partial charge in [0.15, 0.2) is 11.5 Å². The van der Waals surface area contributed by atoms with E-state index in [-0.39, 0.29) is 12.6 Å². The van der Waals surface area contributed by atoms with Crippen molar-refractivity contribution in [3.63, 3.8) is 0 Å². The van der Waals surface area contributed by atoms with Crippen LogP contribution in [0.15, 0.2) is 48.5 Å². The largest absolute Gasteiger partial charge is 0.490 e. The number of hydrogen-bond donors (Lipinski definition) is 0. The number of para-hydroxylation sites is 1. The monoisotopic (exact) mass is 342 g/mol. The molecule has 0 saturated heterocycles. The number of hydrogen-bond acceptors (Lipinski definition) is 5. The predicted octanol–water partition coefficient (Wildman–Crippen LogP) is 3.40. The minimum Gasteiger partial charge on any atom is -0.490 e. The number of ether oxygens (including phenoxy) is 4. The highest BCUT2D eigenvalue weighted by molar-refractivity contribution is 5.69. The van der Waals surface area contributed by atoms with Gasteiger partial charge in [0.25, 0.3) is 0 Å². The first-order chi connectivity index (χ1) is 12.3. The van der Waals surface area contributed by atoms with Crippen LogP contribution in [0.2, 0.25) is 0 Å². The number of fused-ring (bicyclic) bond motifs is 1. The molecule has 25 heavy (non-hydrogen) atoms. The number of esters is 1. The Morgan fingerprint density at radius 1 is 0.960 bits per heavy atom. The predicted molar refractivity (Wildman–Crippen MR) is 93.3 cm³/mol. The Balaban J connectivity index is 1.38. The Hall–Kier alpha value is -2.69. The number of aryl methyl sites for hydroxylation is 1. The molecule has 1 aliphatic rings. The molecule has 0 N–H and O–H groups in total. The molecule has 1 heterocycles. The third kappa shape index (κ3) is 5.41. The van der Waals surface area contributed by atoms with Gasteiger partial charge >= 0.3 is 5.97 Å². The third-order valence-electron chi connectivity index (χ3n) is 3.79. The zero-order valence-corrected chi connectivity index (χ0v) is 14.1. The summed E-state index contributed by atoms with van der Waals surface area (Å²) in [6.45, 7) is 1.91. The Kier molecular flexibility index (Phi) is 6.15. The van der Waals surface area contributed by atoms with Crippen molar-refractivity contribution in [2.45, 2.75) is 19.3 Å². The number of rotatable bonds is 7. The number of benzene rings is 2. The number of carbonyl (C=O) groups excluding carboxylic acids is 1. The van der Waals surface area contributed by atoms with E-state index in [0.29, 0.717) is 32.7 Å². The average Bonchev–Trinajstić information content (AvgIpc) is 2.89. The molecule has 0 bridgehead atoms. The van der Waals surface area contributed by atoms with Crippen LogP contribution in [0.25, 0.3) is 0 Å². The molecule has 0 spiro atoms. The minimum absolute atomic E-state index is 0.233. The van der Waals surface area contributed by atoms with Gasteiger partial charge in [0.1, 0.15) is 19.0 Å². The summed E-state index contributed by atoms with van der Waals surface area (Å²) in [6.07, 6.45) is 1.81. The molecular formula is C20H22O5. The molecule has 132 valence electrons. The Morgan fingerprint density at radius 3 is 2.60 bits per heavy atom.